The maximum absolute atomic E-state index is 9.07. The van der Waals surface area contributed by atoms with E-state index in [1.807, 2.05) is 37.3 Å². The molecule has 0 aliphatic heterocycles. The minimum absolute atomic E-state index is 0.0373. The zero-order chi connectivity index (χ0) is 11.6. The zero-order valence-electron chi connectivity index (χ0n) is 9.50. The third kappa shape index (κ3) is 4.96. The molecule has 0 fully saturated rings. The highest BCUT2D eigenvalue weighted by atomic mass is 16.5. The summed E-state index contributed by atoms with van der Waals surface area (Å²) >= 11 is 0. The Bertz CT molecular complexity index is 295. The molecule has 0 radical (unpaired) electrons. The summed E-state index contributed by atoms with van der Waals surface area (Å²) in [6.45, 7) is 2.70. The van der Waals surface area contributed by atoms with Gasteiger partial charge in [0.05, 0.1) is 19.5 Å². The molecule has 1 aromatic rings. The second-order valence-corrected chi connectivity index (χ2v) is 3.40. The smallest absolute Gasteiger partial charge is 0.116 e. The topological polar surface area (TPSA) is 38.7 Å². The molecule has 1 atom stereocenters. The Kier molecular flexibility index (Phi) is 6.30. The number of benzene rings is 1. The van der Waals surface area contributed by atoms with Gasteiger partial charge in [0.1, 0.15) is 12.7 Å². The van der Waals surface area contributed by atoms with E-state index < -0.39 is 0 Å². The zero-order valence-corrected chi connectivity index (χ0v) is 9.50. The summed E-state index contributed by atoms with van der Waals surface area (Å²) in [6, 6.07) is 9.86. The van der Waals surface area contributed by atoms with E-state index in [9.17, 15) is 0 Å². The molecule has 0 heterocycles. The average Bonchev–Trinajstić information content (AvgIpc) is 2.35. The summed E-state index contributed by atoms with van der Waals surface area (Å²) in [6.07, 6.45) is 3.11. The maximum Gasteiger partial charge on any atom is 0.116 e. The molecule has 1 unspecified atom stereocenters. The molecule has 88 valence electrons. The first-order valence-electron chi connectivity index (χ1n) is 5.36. The molecule has 0 bridgehead atoms. The summed E-state index contributed by atoms with van der Waals surface area (Å²) < 4.78 is 10.7. The molecule has 0 aliphatic rings. The van der Waals surface area contributed by atoms with Crippen LogP contribution in [0.3, 0.4) is 0 Å². The average molecular weight is 222 g/mol. The fourth-order valence-electron chi connectivity index (χ4n) is 1.20. The van der Waals surface area contributed by atoms with E-state index in [1.165, 1.54) is 0 Å². The highest BCUT2D eigenvalue weighted by Gasteiger charge is 2.07. The van der Waals surface area contributed by atoms with E-state index in [0.29, 0.717) is 13.2 Å². The Balaban J connectivity index is 2.28. The van der Waals surface area contributed by atoms with Crippen molar-refractivity contribution in [3.05, 3.63) is 48.2 Å². The van der Waals surface area contributed by atoms with Crippen LogP contribution in [-0.2, 0) is 16.1 Å². The van der Waals surface area contributed by atoms with Crippen LogP contribution in [0, 0.1) is 0 Å². The van der Waals surface area contributed by atoms with Gasteiger partial charge >= 0.3 is 0 Å². The quantitative estimate of drug-likeness (QED) is 0.718. The molecule has 16 heavy (non-hydrogen) atoms. The minimum Gasteiger partial charge on any atom is -0.499 e. The van der Waals surface area contributed by atoms with Crippen molar-refractivity contribution >= 4 is 0 Å². The van der Waals surface area contributed by atoms with Crippen molar-refractivity contribution in [3.8, 4) is 0 Å². The third-order valence-electron chi connectivity index (χ3n) is 2.05. The van der Waals surface area contributed by atoms with Crippen LogP contribution in [0.15, 0.2) is 42.7 Å². The van der Waals surface area contributed by atoms with E-state index in [-0.39, 0.29) is 12.7 Å². The van der Waals surface area contributed by atoms with Crippen molar-refractivity contribution in [1.29, 1.82) is 0 Å². The second-order valence-electron chi connectivity index (χ2n) is 3.40. The number of rotatable bonds is 7. The summed E-state index contributed by atoms with van der Waals surface area (Å²) in [5.41, 5.74) is 1.09. The van der Waals surface area contributed by atoms with Crippen LogP contribution in [0.5, 0.6) is 0 Å². The monoisotopic (exact) mass is 222 g/mol. The van der Waals surface area contributed by atoms with Crippen molar-refractivity contribution in [1.82, 2.24) is 0 Å². The molecular weight excluding hydrogens is 204 g/mol. The third-order valence-corrected chi connectivity index (χ3v) is 2.05. The van der Waals surface area contributed by atoms with E-state index in [4.69, 9.17) is 14.6 Å². The van der Waals surface area contributed by atoms with Gasteiger partial charge in [-0.15, -0.1) is 0 Å². The molecule has 1 N–H and O–H groups in total. The second kappa shape index (κ2) is 7.91. The van der Waals surface area contributed by atoms with Gasteiger partial charge in [-0.3, -0.25) is 0 Å². The molecular formula is C13H18O3. The van der Waals surface area contributed by atoms with Gasteiger partial charge in [0.25, 0.3) is 0 Å². The maximum atomic E-state index is 9.07. The van der Waals surface area contributed by atoms with Crippen LogP contribution in [-0.4, -0.2) is 24.4 Å². The lowest BCUT2D eigenvalue weighted by atomic mass is 10.2. The first kappa shape index (κ1) is 12.7. The van der Waals surface area contributed by atoms with Crippen molar-refractivity contribution in [2.45, 2.75) is 19.6 Å². The highest BCUT2D eigenvalue weighted by Crippen LogP contribution is 2.03. The van der Waals surface area contributed by atoms with Crippen LogP contribution in [0.1, 0.15) is 12.5 Å². The lowest BCUT2D eigenvalue weighted by Gasteiger charge is -2.14. The molecule has 3 nitrogen and oxygen atoms in total. The van der Waals surface area contributed by atoms with Crippen LogP contribution < -0.4 is 0 Å². The van der Waals surface area contributed by atoms with Gasteiger partial charge in [-0.25, -0.2) is 0 Å². The Hall–Kier alpha value is -1.32. The number of ether oxygens (including phenoxy) is 2. The molecule has 0 saturated carbocycles. The summed E-state index contributed by atoms with van der Waals surface area (Å²) in [5.74, 6) is 0. The van der Waals surface area contributed by atoms with E-state index in [1.54, 1.807) is 12.3 Å². The normalized spacial score (nSPS) is 12.9. The molecule has 0 aromatic heterocycles. The molecule has 1 aromatic carbocycles. The predicted octanol–water partition coefficient (Wildman–Crippen LogP) is 2.11. The minimum atomic E-state index is -0.281. The fraction of sp³-hybridized carbons (Fsp3) is 0.385. The SMILES string of the molecule is CC=COCC(CO)OCc1ccccc1. The number of aliphatic hydroxyl groups is 1. The van der Waals surface area contributed by atoms with Crippen LogP contribution in [0.25, 0.3) is 0 Å². The number of hydrogen-bond donors (Lipinski definition) is 1. The van der Waals surface area contributed by atoms with Gasteiger partial charge in [-0.1, -0.05) is 36.4 Å². The molecule has 3 heteroatoms. The first-order valence-corrected chi connectivity index (χ1v) is 5.36. The lowest BCUT2D eigenvalue weighted by Crippen LogP contribution is -2.22. The van der Waals surface area contributed by atoms with Crippen LogP contribution in [0.4, 0.5) is 0 Å². The van der Waals surface area contributed by atoms with E-state index in [0.717, 1.165) is 5.56 Å². The fourth-order valence-corrected chi connectivity index (χ4v) is 1.20. The summed E-state index contributed by atoms with van der Waals surface area (Å²) in [7, 11) is 0. The van der Waals surface area contributed by atoms with Crippen molar-refractivity contribution in [2.24, 2.45) is 0 Å². The predicted molar refractivity (Wildman–Crippen MR) is 62.9 cm³/mol. The molecule has 0 amide bonds. The highest BCUT2D eigenvalue weighted by molar-refractivity contribution is 5.13. The standard InChI is InChI=1S/C13H18O3/c1-2-8-15-11-13(9-14)16-10-12-6-4-3-5-7-12/h2-8,13-14H,9-11H2,1H3. The van der Waals surface area contributed by atoms with Gasteiger partial charge in [-0.2, -0.15) is 0 Å². The van der Waals surface area contributed by atoms with E-state index in [2.05, 4.69) is 0 Å². The van der Waals surface area contributed by atoms with Gasteiger partial charge in [0.15, 0.2) is 0 Å². The van der Waals surface area contributed by atoms with Crippen molar-refractivity contribution in [2.75, 3.05) is 13.2 Å². The lowest BCUT2D eigenvalue weighted by molar-refractivity contribution is -0.0318. The number of hydrogen-bond acceptors (Lipinski definition) is 3. The molecule has 0 spiro atoms. The summed E-state index contributed by atoms with van der Waals surface area (Å²) in [4.78, 5) is 0. The van der Waals surface area contributed by atoms with Crippen molar-refractivity contribution in [3.63, 3.8) is 0 Å². The Morgan fingerprint density at radius 2 is 2.06 bits per heavy atom. The van der Waals surface area contributed by atoms with Crippen LogP contribution >= 0.6 is 0 Å². The van der Waals surface area contributed by atoms with Gasteiger partial charge < -0.3 is 14.6 Å². The molecule has 1 rings (SSSR count). The van der Waals surface area contributed by atoms with Crippen LogP contribution in [0.2, 0.25) is 0 Å². The Labute approximate surface area is 96.3 Å². The van der Waals surface area contributed by atoms with Crippen molar-refractivity contribution < 1.29 is 14.6 Å². The summed E-state index contributed by atoms with van der Waals surface area (Å²) in [5, 5.41) is 9.07. The largest absolute Gasteiger partial charge is 0.499 e. The van der Waals surface area contributed by atoms with Gasteiger partial charge in [0, 0.05) is 0 Å². The van der Waals surface area contributed by atoms with Gasteiger partial charge in [0.2, 0.25) is 0 Å². The Morgan fingerprint density at radius 1 is 1.31 bits per heavy atom. The van der Waals surface area contributed by atoms with Gasteiger partial charge in [-0.05, 0) is 12.5 Å². The number of aliphatic hydroxyl groups excluding tert-OH is 1. The Morgan fingerprint density at radius 3 is 2.69 bits per heavy atom. The molecule has 0 aliphatic carbocycles. The molecule has 0 saturated heterocycles. The van der Waals surface area contributed by atoms with E-state index >= 15 is 0 Å². The number of allylic oxidation sites excluding steroid dienone is 1. The first-order chi connectivity index (χ1) is 7.86.